The van der Waals surface area contributed by atoms with Crippen molar-refractivity contribution in [2.45, 2.75) is 44.1 Å². The molecule has 0 unspecified atom stereocenters. The van der Waals surface area contributed by atoms with E-state index in [4.69, 9.17) is 4.74 Å². The molecule has 0 aliphatic carbocycles. The summed E-state index contributed by atoms with van der Waals surface area (Å²) in [6, 6.07) is 2.98. The minimum Gasteiger partial charge on any atom is -0.444 e. The van der Waals surface area contributed by atoms with Crippen molar-refractivity contribution < 1.29 is 35.5 Å². The summed E-state index contributed by atoms with van der Waals surface area (Å²) in [5, 5.41) is 0. The van der Waals surface area contributed by atoms with Crippen molar-refractivity contribution in [2.24, 2.45) is 0 Å². The first-order valence-corrected chi connectivity index (χ1v) is 10.4. The van der Waals surface area contributed by atoms with Gasteiger partial charge in [0.05, 0.1) is 23.6 Å². The van der Waals surface area contributed by atoms with Crippen molar-refractivity contribution in [2.75, 3.05) is 23.0 Å². The van der Waals surface area contributed by atoms with Gasteiger partial charge < -0.3 is 4.74 Å². The minimum atomic E-state index is -4.85. The molecule has 1 aromatic rings. The van der Waals surface area contributed by atoms with Crippen molar-refractivity contribution in [3.05, 3.63) is 29.3 Å². The smallest absolute Gasteiger partial charge is 0.416 e. The highest BCUT2D eigenvalue weighted by molar-refractivity contribution is 7.91. The van der Waals surface area contributed by atoms with Crippen molar-refractivity contribution in [3.8, 4) is 0 Å². The van der Waals surface area contributed by atoms with E-state index in [1.54, 1.807) is 6.92 Å². The number of carbonyl (C=O) groups excluding carboxylic acids is 1. The van der Waals surface area contributed by atoms with Crippen LogP contribution in [0.2, 0.25) is 0 Å². The molecule has 1 atom stereocenters. The van der Waals surface area contributed by atoms with Crippen molar-refractivity contribution in [3.63, 3.8) is 0 Å². The number of cyclic esters (lactones) is 1. The molecule has 27 heavy (non-hydrogen) atoms. The second-order valence-electron chi connectivity index (χ2n) is 6.87. The molecule has 0 aromatic heterocycles. The number of nitrogens with zero attached hydrogens (tertiary/aromatic N) is 1. The van der Waals surface area contributed by atoms with Gasteiger partial charge in [0.1, 0.15) is 11.8 Å². The number of hydrogen-bond acceptors (Lipinski definition) is 4. The Morgan fingerprint density at radius 1 is 1.26 bits per heavy atom. The fourth-order valence-corrected chi connectivity index (χ4v) is 4.87. The monoisotopic (exact) mass is 409 g/mol. The van der Waals surface area contributed by atoms with Crippen LogP contribution in [0.5, 0.6) is 0 Å². The molecule has 5 nitrogen and oxygen atoms in total. The van der Waals surface area contributed by atoms with E-state index in [1.165, 1.54) is 6.07 Å². The zero-order chi connectivity index (χ0) is 20.0. The summed E-state index contributed by atoms with van der Waals surface area (Å²) in [4.78, 5) is 13.0. The summed E-state index contributed by atoms with van der Waals surface area (Å²) in [5.41, 5.74) is -4.20. The number of alkyl halides is 4. The van der Waals surface area contributed by atoms with Gasteiger partial charge in [0.2, 0.25) is 0 Å². The zero-order valence-corrected chi connectivity index (χ0v) is 15.4. The van der Waals surface area contributed by atoms with Crippen LogP contribution in [0.25, 0.3) is 0 Å². The van der Waals surface area contributed by atoms with Crippen LogP contribution in [-0.2, 0) is 26.4 Å². The van der Waals surface area contributed by atoms with Crippen molar-refractivity contribution in [1.29, 1.82) is 0 Å². The van der Waals surface area contributed by atoms with E-state index in [0.29, 0.717) is 6.42 Å². The standard InChI is InChI=1S/C17H19F4NO4S/c1-2-12-10-22(15(23)26-12)11-3-4-13(14(9-11)17(19,20)21)16(18)5-7-27(24,25)8-6-16/h3-4,9,12H,2,5-8,10H2,1H3/t12-/m0/s1. The van der Waals surface area contributed by atoms with E-state index in [-0.39, 0.29) is 12.2 Å². The lowest BCUT2D eigenvalue weighted by molar-refractivity contribution is -0.139. The van der Waals surface area contributed by atoms with Crippen LogP contribution in [0.3, 0.4) is 0 Å². The Balaban J connectivity index is 2.00. The van der Waals surface area contributed by atoms with E-state index in [1.807, 2.05) is 0 Å². The number of carbonyl (C=O) groups is 1. The molecular formula is C17H19F4NO4S. The van der Waals surface area contributed by atoms with Gasteiger partial charge >= 0.3 is 12.3 Å². The van der Waals surface area contributed by atoms with Crippen LogP contribution >= 0.6 is 0 Å². The Hall–Kier alpha value is -1.84. The molecule has 3 rings (SSSR count). The molecule has 0 saturated carbocycles. The summed E-state index contributed by atoms with van der Waals surface area (Å²) in [7, 11) is -3.44. The van der Waals surface area contributed by atoms with Gasteiger partial charge in [-0.3, -0.25) is 4.90 Å². The number of amides is 1. The van der Waals surface area contributed by atoms with Gasteiger partial charge in [-0.15, -0.1) is 0 Å². The summed E-state index contributed by atoms with van der Waals surface area (Å²) < 4.78 is 84.2. The SMILES string of the molecule is CC[C@H]1CN(c2ccc(C3(F)CCS(=O)(=O)CC3)c(C(F)(F)F)c2)C(=O)O1. The topological polar surface area (TPSA) is 63.7 Å². The lowest BCUT2D eigenvalue weighted by Gasteiger charge is -2.32. The molecule has 0 N–H and O–H groups in total. The fourth-order valence-electron chi connectivity index (χ4n) is 3.40. The molecule has 1 aromatic carbocycles. The predicted molar refractivity (Wildman–Crippen MR) is 90.0 cm³/mol. The number of rotatable bonds is 3. The molecule has 0 spiro atoms. The molecule has 150 valence electrons. The lowest BCUT2D eigenvalue weighted by atomic mass is 9.86. The van der Waals surface area contributed by atoms with Gasteiger partial charge in [0, 0.05) is 11.3 Å². The van der Waals surface area contributed by atoms with Crippen LogP contribution in [-0.4, -0.2) is 38.7 Å². The molecule has 0 bridgehead atoms. The second-order valence-corrected chi connectivity index (χ2v) is 9.17. The summed E-state index contributed by atoms with van der Waals surface area (Å²) in [6.45, 7) is 1.90. The highest BCUT2D eigenvalue weighted by atomic mass is 32.2. The van der Waals surface area contributed by atoms with Gasteiger partial charge in [-0.25, -0.2) is 17.6 Å². The van der Waals surface area contributed by atoms with E-state index in [0.717, 1.165) is 17.0 Å². The average molecular weight is 409 g/mol. The molecule has 2 aliphatic heterocycles. The Morgan fingerprint density at radius 2 is 1.89 bits per heavy atom. The quantitative estimate of drug-likeness (QED) is 0.712. The minimum absolute atomic E-state index is 0.0287. The van der Waals surface area contributed by atoms with Crippen LogP contribution < -0.4 is 4.90 Å². The largest absolute Gasteiger partial charge is 0.444 e. The number of sulfone groups is 1. The summed E-state index contributed by atoms with van der Waals surface area (Å²) in [5.74, 6) is -1.00. The molecule has 2 heterocycles. The Kier molecular flexibility index (Phi) is 4.90. The first-order valence-electron chi connectivity index (χ1n) is 8.54. The van der Waals surface area contributed by atoms with Gasteiger partial charge in [0.15, 0.2) is 9.84 Å². The van der Waals surface area contributed by atoms with Crippen molar-refractivity contribution >= 4 is 21.6 Å². The normalized spacial score (nSPS) is 24.7. The maximum atomic E-state index is 15.3. The number of anilines is 1. The third-order valence-corrected chi connectivity index (χ3v) is 6.70. The number of hydrogen-bond donors (Lipinski definition) is 0. The van der Waals surface area contributed by atoms with Crippen LogP contribution in [0.1, 0.15) is 37.3 Å². The summed E-state index contributed by atoms with van der Waals surface area (Å²) in [6.07, 6.45) is -6.55. The Morgan fingerprint density at radius 3 is 2.41 bits per heavy atom. The maximum Gasteiger partial charge on any atom is 0.416 e. The van der Waals surface area contributed by atoms with E-state index in [2.05, 4.69) is 0 Å². The average Bonchev–Trinajstić information content (AvgIpc) is 2.97. The van der Waals surface area contributed by atoms with Gasteiger partial charge in [-0.05, 0) is 31.4 Å². The molecule has 0 radical (unpaired) electrons. The third kappa shape index (κ3) is 3.90. The molecule has 2 aliphatic rings. The lowest BCUT2D eigenvalue weighted by Crippen LogP contribution is -2.35. The molecule has 2 saturated heterocycles. The third-order valence-electron chi connectivity index (χ3n) is 5.05. The first kappa shape index (κ1) is 19.9. The van der Waals surface area contributed by atoms with E-state index < -0.39 is 69.4 Å². The first-order chi connectivity index (χ1) is 12.5. The van der Waals surface area contributed by atoms with Gasteiger partial charge in [0.25, 0.3) is 0 Å². The molecular weight excluding hydrogens is 390 g/mol. The van der Waals surface area contributed by atoms with Crippen LogP contribution in [0, 0.1) is 0 Å². The van der Waals surface area contributed by atoms with E-state index >= 15 is 4.39 Å². The maximum absolute atomic E-state index is 15.3. The van der Waals surface area contributed by atoms with Crippen LogP contribution in [0.4, 0.5) is 28.0 Å². The number of ether oxygens (including phenoxy) is 1. The Labute approximate surface area is 154 Å². The number of halogens is 4. The zero-order valence-electron chi connectivity index (χ0n) is 14.6. The van der Waals surface area contributed by atoms with Crippen LogP contribution in [0.15, 0.2) is 18.2 Å². The molecule has 1 amide bonds. The summed E-state index contributed by atoms with van der Waals surface area (Å²) >= 11 is 0. The predicted octanol–water partition coefficient (Wildman–Crippen LogP) is 3.81. The van der Waals surface area contributed by atoms with E-state index in [9.17, 15) is 26.4 Å². The molecule has 10 heteroatoms. The Bertz CT molecular complexity index is 839. The number of benzene rings is 1. The highest BCUT2D eigenvalue weighted by Gasteiger charge is 2.46. The van der Waals surface area contributed by atoms with Gasteiger partial charge in [-0.1, -0.05) is 13.0 Å². The molecule has 2 fully saturated rings. The highest BCUT2D eigenvalue weighted by Crippen LogP contribution is 2.45. The van der Waals surface area contributed by atoms with Gasteiger partial charge in [-0.2, -0.15) is 13.2 Å². The fraction of sp³-hybridized carbons (Fsp3) is 0.588. The van der Waals surface area contributed by atoms with Crippen molar-refractivity contribution in [1.82, 2.24) is 0 Å². The second kappa shape index (κ2) is 6.65.